The first-order valence-electron chi connectivity index (χ1n) is 11.4. The van der Waals surface area contributed by atoms with Crippen LogP contribution in [0.5, 0.6) is 11.5 Å². The first-order chi connectivity index (χ1) is 17.5. The molecule has 0 radical (unpaired) electrons. The van der Waals surface area contributed by atoms with Crippen LogP contribution in [0.4, 0.5) is 17.1 Å². The Balaban J connectivity index is 1.54. The second-order valence-electron chi connectivity index (χ2n) is 8.05. The van der Waals surface area contributed by atoms with Gasteiger partial charge in [0.2, 0.25) is 5.91 Å². The van der Waals surface area contributed by atoms with E-state index in [1.807, 2.05) is 61.5 Å². The van der Waals surface area contributed by atoms with Crippen LogP contribution >= 0.6 is 0 Å². The molecule has 4 rings (SSSR count). The molecule has 2 heterocycles. The lowest BCUT2D eigenvalue weighted by atomic mass is 10.1. The number of anilines is 3. The maximum absolute atomic E-state index is 12.4. The lowest BCUT2D eigenvalue weighted by Crippen LogP contribution is -2.12. The predicted molar refractivity (Wildman–Crippen MR) is 135 cm³/mol. The van der Waals surface area contributed by atoms with Gasteiger partial charge in [0.25, 0.3) is 0 Å². The van der Waals surface area contributed by atoms with E-state index in [0.29, 0.717) is 34.6 Å². The number of fused-ring (bicyclic) bond motifs is 1. The average molecular weight is 484 g/mol. The van der Waals surface area contributed by atoms with Gasteiger partial charge in [0.05, 0.1) is 42.0 Å². The van der Waals surface area contributed by atoms with Gasteiger partial charge in [-0.05, 0) is 49.7 Å². The summed E-state index contributed by atoms with van der Waals surface area (Å²) in [5.74, 6) is 0.854. The third-order valence-electron chi connectivity index (χ3n) is 5.57. The molecular formula is C27H25N5O4. The van der Waals surface area contributed by atoms with Crippen LogP contribution in [0, 0.1) is 18.3 Å². The number of rotatable bonds is 9. The third kappa shape index (κ3) is 5.62. The monoisotopic (exact) mass is 483 g/mol. The number of nitrogens with zero attached hydrogens (tertiary/aromatic N) is 3. The lowest BCUT2D eigenvalue weighted by molar-refractivity contribution is -0.140. The van der Waals surface area contributed by atoms with E-state index in [0.717, 1.165) is 17.0 Å². The second-order valence-corrected chi connectivity index (χ2v) is 8.05. The zero-order valence-corrected chi connectivity index (χ0v) is 19.9. The van der Waals surface area contributed by atoms with E-state index in [1.54, 1.807) is 10.7 Å². The van der Waals surface area contributed by atoms with Crippen molar-refractivity contribution in [2.24, 2.45) is 0 Å². The van der Waals surface area contributed by atoms with Crippen LogP contribution in [0.1, 0.15) is 30.4 Å². The molecule has 36 heavy (non-hydrogen) atoms. The molecule has 0 saturated heterocycles. The highest BCUT2D eigenvalue weighted by atomic mass is 16.5. The Morgan fingerprint density at radius 3 is 2.47 bits per heavy atom. The zero-order valence-electron chi connectivity index (χ0n) is 19.9. The van der Waals surface area contributed by atoms with Crippen LogP contribution in [0.2, 0.25) is 0 Å². The highest BCUT2D eigenvalue weighted by Crippen LogP contribution is 2.33. The number of nitrogens with one attached hydrogen (secondary N) is 2. The number of hydrogen-bond acceptors (Lipinski definition) is 7. The minimum atomic E-state index is -0.350. The molecule has 0 bridgehead atoms. The number of nitriles is 1. The number of carbonyl (C=O) groups is 2. The summed E-state index contributed by atoms with van der Waals surface area (Å²) < 4.78 is 12.1. The number of esters is 1. The minimum absolute atomic E-state index is 0.178. The molecule has 2 aromatic heterocycles. The highest BCUT2D eigenvalue weighted by Gasteiger charge is 2.17. The van der Waals surface area contributed by atoms with E-state index in [4.69, 9.17) is 4.74 Å². The Bertz CT molecular complexity index is 1420. The van der Waals surface area contributed by atoms with Gasteiger partial charge in [-0.3, -0.25) is 9.59 Å². The number of aromatic nitrogens is 2. The van der Waals surface area contributed by atoms with Crippen LogP contribution in [-0.4, -0.2) is 28.6 Å². The SMILES string of the molecule is COC(=O)CCCC(=O)Nc1cn2ncc(C#N)c(Nc3ccc(Oc4ccccc4)cc3)c2c1C. The summed E-state index contributed by atoms with van der Waals surface area (Å²) >= 11 is 0. The first kappa shape index (κ1) is 24.3. The van der Waals surface area contributed by atoms with Gasteiger partial charge >= 0.3 is 5.97 Å². The summed E-state index contributed by atoms with van der Waals surface area (Å²) in [7, 11) is 1.32. The van der Waals surface area contributed by atoms with Crippen LogP contribution < -0.4 is 15.4 Å². The van der Waals surface area contributed by atoms with E-state index in [1.165, 1.54) is 13.3 Å². The molecule has 0 spiro atoms. The largest absolute Gasteiger partial charge is 0.469 e. The normalized spacial score (nSPS) is 10.5. The summed E-state index contributed by atoms with van der Waals surface area (Å²) in [6, 6.07) is 19.1. The average Bonchev–Trinajstić information content (AvgIpc) is 3.21. The van der Waals surface area contributed by atoms with Gasteiger partial charge in [-0.25, -0.2) is 4.52 Å². The quantitative estimate of drug-likeness (QED) is 0.309. The molecule has 182 valence electrons. The maximum atomic E-state index is 12.4. The van der Waals surface area contributed by atoms with Crippen molar-refractivity contribution in [2.75, 3.05) is 17.7 Å². The topological polar surface area (TPSA) is 118 Å². The molecule has 0 fully saturated rings. The van der Waals surface area contributed by atoms with Gasteiger partial charge in [-0.1, -0.05) is 18.2 Å². The maximum Gasteiger partial charge on any atom is 0.305 e. The van der Waals surface area contributed by atoms with E-state index in [-0.39, 0.29) is 24.7 Å². The first-order valence-corrected chi connectivity index (χ1v) is 11.4. The van der Waals surface area contributed by atoms with Gasteiger partial charge in [-0.15, -0.1) is 0 Å². The van der Waals surface area contributed by atoms with Crippen molar-refractivity contribution in [1.29, 1.82) is 5.26 Å². The molecule has 0 atom stereocenters. The van der Waals surface area contributed by atoms with Gasteiger partial charge < -0.3 is 20.1 Å². The smallest absolute Gasteiger partial charge is 0.305 e. The number of aryl methyl sites for hydroxylation is 1. The molecular weight excluding hydrogens is 458 g/mol. The van der Waals surface area contributed by atoms with Gasteiger partial charge in [0.15, 0.2) is 0 Å². The van der Waals surface area contributed by atoms with Gasteiger partial charge in [-0.2, -0.15) is 10.4 Å². The molecule has 9 heteroatoms. The predicted octanol–water partition coefficient (Wildman–Crippen LogP) is 5.33. The Kier molecular flexibility index (Phi) is 7.46. The van der Waals surface area contributed by atoms with Crippen molar-refractivity contribution in [1.82, 2.24) is 9.61 Å². The van der Waals surface area contributed by atoms with Gasteiger partial charge in [0, 0.05) is 24.1 Å². The number of amides is 1. The van der Waals surface area contributed by atoms with Crippen LogP contribution in [0.25, 0.3) is 5.52 Å². The summed E-state index contributed by atoms with van der Waals surface area (Å²) in [4.78, 5) is 23.7. The number of ether oxygens (including phenoxy) is 2. The Labute approximate surface area is 208 Å². The van der Waals surface area contributed by atoms with Crippen molar-refractivity contribution in [3.05, 3.63) is 78.1 Å². The van der Waals surface area contributed by atoms with Crippen molar-refractivity contribution >= 4 is 34.5 Å². The second kappa shape index (κ2) is 11.1. The molecule has 9 nitrogen and oxygen atoms in total. The van der Waals surface area contributed by atoms with E-state index >= 15 is 0 Å². The minimum Gasteiger partial charge on any atom is -0.469 e. The fraction of sp³-hybridized carbons (Fsp3) is 0.185. The van der Waals surface area contributed by atoms with Crippen molar-refractivity contribution < 1.29 is 19.1 Å². The van der Waals surface area contributed by atoms with Crippen LogP contribution in [0.3, 0.4) is 0 Å². The number of para-hydroxylation sites is 1. The van der Waals surface area contributed by atoms with Crippen molar-refractivity contribution in [3.63, 3.8) is 0 Å². The summed E-state index contributed by atoms with van der Waals surface area (Å²) in [5.41, 5.74) is 3.71. The van der Waals surface area contributed by atoms with E-state index in [9.17, 15) is 14.9 Å². The fourth-order valence-electron chi connectivity index (χ4n) is 3.71. The molecule has 2 aromatic carbocycles. The Hall–Kier alpha value is -4.84. The third-order valence-corrected chi connectivity index (χ3v) is 5.57. The number of carbonyl (C=O) groups excluding carboxylic acids is 2. The number of hydrogen-bond donors (Lipinski definition) is 2. The summed E-state index contributed by atoms with van der Waals surface area (Å²) in [6.45, 7) is 1.85. The van der Waals surface area contributed by atoms with E-state index < -0.39 is 0 Å². The number of benzene rings is 2. The Morgan fingerprint density at radius 1 is 1.06 bits per heavy atom. The molecule has 0 aliphatic rings. The molecule has 0 unspecified atom stereocenters. The lowest BCUT2D eigenvalue weighted by Gasteiger charge is -2.12. The molecule has 0 saturated carbocycles. The standard InChI is InChI=1S/C27H25N5O4/c1-18-23(31-24(33)9-6-10-25(34)35-2)17-32-27(18)26(19(15-28)16-29-32)30-20-11-13-22(14-12-20)36-21-7-4-3-5-8-21/h3-5,7-8,11-14,16-17,30H,6,9-10H2,1-2H3,(H,31,33). The molecule has 1 amide bonds. The van der Waals surface area contributed by atoms with Crippen molar-refractivity contribution in [3.8, 4) is 17.6 Å². The van der Waals surface area contributed by atoms with Crippen molar-refractivity contribution in [2.45, 2.75) is 26.2 Å². The summed E-state index contributed by atoms with van der Waals surface area (Å²) in [5, 5.41) is 20.2. The molecule has 0 aliphatic heterocycles. The molecule has 4 aromatic rings. The Morgan fingerprint density at radius 2 is 1.78 bits per heavy atom. The van der Waals surface area contributed by atoms with Crippen LogP contribution in [-0.2, 0) is 14.3 Å². The zero-order chi connectivity index (χ0) is 25.5. The van der Waals surface area contributed by atoms with E-state index in [2.05, 4.69) is 26.5 Å². The van der Waals surface area contributed by atoms with Crippen LogP contribution in [0.15, 0.2) is 67.0 Å². The molecule has 2 N–H and O–H groups in total. The van der Waals surface area contributed by atoms with Gasteiger partial charge in [0.1, 0.15) is 17.6 Å². The molecule has 0 aliphatic carbocycles. The fourth-order valence-corrected chi connectivity index (χ4v) is 3.71. The highest BCUT2D eigenvalue weighted by molar-refractivity contribution is 5.95. The summed E-state index contributed by atoms with van der Waals surface area (Å²) in [6.07, 6.45) is 3.92. The number of methoxy groups -OCH3 is 1.